The Bertz CT molecular complexity index is 693. The van der Waals surface area contributed by atoms with Crippen LogP contribution >= 0.6 is 0 Å². The Labute approximate surface area is 113 Å². The second-order valence-corrected chi connectivity index (χ2v) is 4.01. The molecule has 0 amide bonds. The molecule has 1 aromatic heterocycles. The standard InChI is InChI=1S/C13H13FN2O4/c1-3-20-13(18)9-7-4-6(12(17)19-2)5-8(14)10(7)16-11(9)15/h4-5,16H,3,15H2,1-2H3. The molecule has 0 bridgehead atoms. The number of nitrogens with two attached hydrogens (primary N) is 1. The van der Waals surface area contributed by atoms with Gasteiger partial charge in [0, 0.05) is 5.39 Å². The fraction of sp³-hybridized carbons (Fsp3) is 0.231. The molecule has 7 heteroatoms. The van der Waals surface area contributed by atoms with E-state index in [1.54, 1.807) is 6.92 Å². The minimum atomic E-state index is -0.708. The zero-order valence-electron chi connectivity index (χ0n) is 11.0. The summed E-state index contributed by atoms with van der Waals surface area (Å²) in [6.07, 6.45) is 0. The maximum absolute atomic E-state index is 13.9. The van der Waals surface area contributed by atoms with Crippen molar-refractivity contribution in [3.63, 3.8) is 0 Å². The van der Waals surface area contributed by atoms with E-state index in [0.717, 1.165) is 6.07 Å². The molecule has 6 nitrogen and oxygen atoms in total. The number of hydrogen-bond acceptors (Lipinski definition) is 5. The van der Waals surface area contributed by atoms with Crippen molar-refractivity contribution >= 4 is 28.7 Å². The maximum atomic E-state index is 13.9. The Morgan fingerprint density at radius 2 is 2.05 bits per heavy atom. The van der Waals surface area contributed by atoms with Gasteiger partial charge >= 0.3 is 11.9 Å². The van der Waals surface area contributed by atoms with E-state index in [2.05, 4.69) is 9.72 Å². The van der Waals surface area contributed by atoms with E-state index in [4.69, 9.17) is 10.5 Å². The summed E-state index contributed by atoms with van der Waals surface area (Å²) in [6.45, 7) is 1.80. The topological polar surface area (TPSA) is 94.4 Å². The van der Waals surface area contributed by atoms with Crippen LogP contribution in [0.25, 0.3) is 10.9 Å². The van der Waals surface area contributed by atoms with Crippen molar-refractivity contribution in [1.29, 1.82) is 0 Å². The largest absolute Gasteiger partial charge is 0.465 e. The summed E-state index contributed by atoms with van der Waals surface area (Å²) in [6, 6.07) is 2.35. The van der Waals surface area contributed by atoms with Gasteiger partial charge in [-0.2, -0.15) is 0 Å². The summed E-state index contributed by atoms with van der Waals surface area (Å²) in [7, 11) is 1.18. The number of ether oxygens (including phenoxy) is 2. The number of carbonyl (C=O) groups is 2. The third kappa shape index (κ3) is 2.18. The first-order chi connectivity index (χ1) is 9.49. The van der Waals surface area contributed by atoms with E-state index in [0.29, 0.717) is 0 Å². The minimum absolute atomic E-state index is 0.00602. The zero-order chi connectivity index (χ0) is 14.9. The molecule has 0 atom stereocenters. The lowest BCUT2D eigenvalue weighted by Crippen LogP contribution is -2.07. The lowest BCUT2D eigenvalue weighted by atomic mass is 10.1. The predicted octanol–water partition coefficient (Wildman–Crippen LogP) is 1.85. The van der Waals surface area contributed by atoms with Gasteiger partial charge in [0.2, 0.25) is 0 Å². The molecule has 0 saturated carbocycles. The van der Waals surface area contributed by atoms with E-state index in [1.807, 2.05) is 0 Å². The Kier molecular flexibility index (Phi) is 3.60. The quantitative estimate of drug-likeness (QED) is 0.837. The van der Waals surface area contributed by atoms with Crippen molar-refractivity contribution in [3.05, 3.63) is 29.1 Å². The molecule has 0 saturated heterocycles. The molecule has 0 aliphatic rings. The third-order valence-electron chi connectivity index (χ3n) is 2.79. The van der Waals surface area contributed by atoms with Crippen molar-refractivity contribution in [2.24, 2.45) is 0 Å². The van der Waals surface area contributed by atoms with Gasteiger partial charge in [0.1, 0.15) is 17.2 Å². The first-order valence-corrected chi connectivity index (χ1v) is 5.85. The number of nitrogens with one attached hydrogen (secondary N) is 1. The van der Waals surface area contributed by atoms with Gasteiger partial charge in [0.05, 0.1) is 24.8 Å². The molecule has 0 fully saturated rings. The maximum Gasteiger partial charge on any atom is 0.342 e. The monoisotopic (exact) mass is 280 g/mol. The molecule has 0 aliphatic heterocycles. The van der Waals surface area contributed by atoms with Gasteiger partial charge in [0.15, 0.2) is 0 Å². The Hall–Kier alpha value is -2.57. The summed E-state index contributed by atoms with van der Waals surface area (Å²) in [4.78, 5) is 25.9. The van der Waals surface area contributed by atoms with Crippen molar-refractivity contribution in [2.75, 3.05) is 19.5 Å². The highest BCUT2D eigenvalue weighted by Gasteiger charge is 2.22. The van der Waals surface area contributed by atoms with Crippen molar-refractivity contribution in [3.8, 4) is 0 Å². The molecule has 0 aliphatic carbocycles. The summed E-state index contributed by atoms with van der Waals surface area (Å²) >= 11 is 0. The molecule has 0 radical (unpaired) electrons. The lowest BCUT2D eigenvalue weighted by molar-refractivity contribution is 0.0528. The summed E-state index contributed by atoms with van der Waals surface area (Å²) in [5, 5.41) is 0.182. The average molecular weight is 280 g/mol. The molecule has 0 spiro atoms. The molecular formula is C13H13FN2O4. The lowest BCUT2D eigenvalue weighted by Gasteiger charge is -2.03. The van der Waals surface area contributed by atoms with Gasteiger partial charge in [-0.1, -0.05) is 0 Å². The van der Waals surface area contributed by atoms with Crippen LogP contribution in [0.4, 0.5) is 10.2 Å². The molecule has 20 heavy (non-hydrogen) atoms. The average Bonchev–Trinajstić information content (AvgIpc) is 2.75. The molecule has 1 aromatic carbocycles. The van der Waals surface area contributed by atoms with E-state index in [9.17, 15) is 14.0 Å². The second kappa shape index (κ2) is 5.20. The summed E-state index contributed by atoms with van der Waals surface area (Å²) in [5.74, 6) is -2.11. The molecule has 0 unspecified atom stereocenters. The number of methoxy groups -OCH3 is 1. The van der Waals surface area contributed by atoms with E-state index in [1.165, 1.54) is 13.2 Å². The van der Waals surface area contributed by atoms with E-state index >= 15 is 0 Å². The van der Waals surface area contributed by atoms with Crippen LogP contribution < -0.4 is 5.73 Å². The van der Waals surface area contributed by atoms with Gasteiger partial charge < -0.3 is 20.2 Å². The highest BCUT2D eigenvalue weighted by atomic mass is 19.1. The van der Waals surface area contributed by atoms with Crippen LogP contribution in [-0.2, 0) is 9.47 Å². The number of nitrogen functional groups attached to an aromatic ring is 1. The van der Waals surface area contributed by atoms with Crippen LogP contribution in [0.5, 0.6) is 0 Å². The highest BCUT2D eigenvalue weighted by molar-refractivity contribution is 6.10. The summed E-state index contributed by atoms with van der Waals surface area (Å²) < 4.78 is 23.3. The smallest absolute Gasteiger partial charge is 0.342 e. The Morgan fingerprint density at radius 1 is 1.35 bits per heavy atom. The number of fused-ring (bicyclic) bond motifs is 1. The number of hydrogen-bond donors (Lipinski definition) is 2. The number of halogens is 1. The summed E-state index contributed by atoms with van der Waals surface area (Å²) in [5.41, 5.74) is 5.71. The Morgan fingerprint density at radius 3 is 2.65 bits per heavy atom. The number of anilines is 1. The molecule has 1 heterocycles. The number of aromatic amines is 1. The molecule has 106 valence electrons. The van der Waals surface area contributed by atoms with Gasteiger partial charge in [0.25, 0.3) is 0 Å². The van der Waals surface area contributed by atoms with Crippen LogP contribution in [0.2, 0.25) is 0 Å². The molecule has 2 rings (SSSR count). The van der Waals surface area contributed by atoms with Crippen molar-refractivity contribution in [2.45, 2.75) is 6.92 Å². The first-order valence-electron chi connectivity index (χ1n) is 5.85. The number of rotatable bonds is 3. The number of H-pyrrole nitrogens is 1. The normalized spacial score (nSPS) is 10.6. The van der Waals surface area contributed by atoms with E-state index in [-0.39, 0.29) is 34.5 Å². The van der Waals surface area contributed by atoms with Crippen LogP contribution in [0.1, 0.15) is 27.6 Å². The van der Waals surface area contributed by atoms with Gasteiger partial charge in [-0.3, -0.25) is 0 Å². The van der Waals surface area contributed by atoms with E-state index < -0.39 is 17.8 Å². The number of carbonyl (C=O) groups excluding carboxylic acids is 2. The SMILES string of the molecule is CCOC(=O)c1c(N)[nH]c2c(F)cc(C(=O)OC)cc12. The minimum Gasteiger partial charge on any atom is -0.465 e. The van der Waals surface area contributed by atoms with Gasteiger partial charge in [-0.05, 0) is 19.1 Å². The fourth-order valence-electron chi connectivity index (χ4n) is 1.93. The molecule has 3 N–H and O–H groups in total. The van der Waals surface area contributed by atoms with Crippen molar-refractivity contribution in [1.82, 2.24) is 4.98 Å². The second-order valence-electron chi connectivity index (χ2n) is 4.01. The highest BCUT2D eigenvalue weighted by Crippen LogP contribution is 2.28. The molecule has 2 aromatic rings. The van der Waals surface area contributed by atoms with Gasteiger partial charge in [-0.25, -0.2) is 14.0 Å². The van der Waals surface area contributed by atoms with Gasteiger partial charge in [-0.15, -0.1) is 0 Å². The Balaban J connectivity index is 2.69. The van der Waals surface area contributed by atoms with Crippen LogP contribution in [0.3, 0.4) is 0 Å². The zero-order valence-corrected chi connectivity index (χ0v) is 11.0. The van der Waals surface area contributed by atoms with Crippen molar-refractivity contribution < 1.29 is 23.5 Å². The van der Waals surface area contributed by atoms with Crippen LogP contribution in [0, 0.1) is 5.82 Å². The third-order valence-corrected chi connectivity index (χ3v) is 2.79. The van der Waals surface area contributed by atoms with Crippen LogP contribution in [-0.4, -0.2) is 30.6 Å². The predicted molar refractivity (Wildman–Crippen MR) is 70.0 cm³/mol. The first kappa shape index (κ1) is 13.9. The van der Waals surface area contributed by atoms with Crippen LogP contribution in [0.15, 0.2) is 12.1 Å². The number of esters is 2. The number of benzene rings is 1. The number of aromatic nitrogens is 1. The molecular weight excluding hydrogens is 267 g/mol. The fourth-order valence-corrected chi connectivity index (χ4v) is 1.93.